The van der Waals surface area contributed by atoms with E-state index in [9.17, 15) is 14.0 Å². The molecule has 2 aliphatic rings. The van der Waals surface area contributed by atoms with Gasteiger partial charge in [0.05, 0.1) is 12.2 Å². The second kappa shape index (κ2) is 9.08. The lowest BCUT2D eigenvalue weighted by Crippen LogP contribution is -2.38. The Hall–Kier alpha value is -2.54. The number of hydrogen-bond donors (Lipinski definition) is 1. The molecule has 5 nitrogen and oxygen atoms in total. The van der Waals surface area contributed by atoms with E-state index in [2.05, 4.69) is 5.32 Å². The summed E-state index contributed by atoms with van der Waals surface area (Å²) in [7, 11) is 0. The summed E-state index contributed by atoms with van der Waals surface area (Å²) in [4.78, 5) is 29.1. The summed E-state index contributed by atoms with van der Waals surface area (Å²) in [6, 6.07) is 10.3. The number of thioether (sulfide) groups is 1. The van der Waals surface area contributed by atoms with E-state index in [0.717, 1.165) is 48.6 Å². The van der Waals surface area contributed by atoms with Crippen molar-refractivity contribution in [3.05, 3.63) is 58.9 Å². The van der Waals surface area contributed by atoms with Crippen LogP contribution in [0.2, 0.25) is 0 Å². The topological polar surface area (TPSA) is 52.7 Å². The molecule has 30 heavy (non-hydrogen) atoms. The highest BCUT2D eigenvalue weighted by atomic mass is 32.2. The summed E-state index contributed by atoms with van der Waals surface area (Å²) >= 11 is 1.85. The number of carbonyl (C=O) groups excluding carboxylic acids is 2. The van der Waals surface area contributed by atoms with Gasteiger partial charge < -0.3 is 15.1 Å². The lowest BCUT2D eigenvalue weighted by Gasteiger charge is -2.32. The maximum atomic E-state index is 14.5. The molecule has 4 rings (SSSR count). The van der Waals surface area contributed by atoms with Gasteiger partial charge in [-0.2, -0.15) is 11.8 Å². The number of rotatable bonds is 4. The van der Waals surface area contributed by atoms with Crippen molar-refractivity contribution in [2.24, 2.45) is 0 Å². The normalized spacial score (nSPS) is 16.2. The minimum absolute atomic E-state index is 0.00565. The molecule has 2 amide bonds. The molecular formula is C23H26FN3O2S. The lowest BCUT2D eigenvalue weighted by molar-refractivity contribution is -0.115. The molecule has 0 atom stereocenters. The first-order valence-electron chi connectivity index (χ1n) is 10.3. The third-order valence-corrected chi connectivity index (χ3v) is 6.61. The fourth-order valence-electron chi connectivity index (χ4n) is 4.14. The van der Waals surface area contributed by atoms with Gasteiger partial charge in [-0.05, 0) is 55.2 Å². The summed E-state index contributed by atoms with van der Waals surface area (Å²) in [5.74, 6) is 1.40. The van der Waals surface area contributed by atoms with Crippen LogP contribution in [0, 0.1) is 12.7 Å². The van der Waals surface area contributed by atoms with Crippen LogP contribution in [0.3, 0.4) is 0 Å². The Morgan fingerprint density at radius 2 is 1.93 bits per heavy atom. The van der Waals surface area contributed by atoms with Gasteiger partial charge in [0.2, 0.25) is 5.91 Å². The number of fused-ring (bicyclic) bond motifs is 1. The number of nitrogens with zero attached hydrogens (tertiary/aromatic N) is 2. The summed E-state index contributed by atoms with van der Waals surface area (Å²) in [5, 5.41) is 2.87. The molecule has 0 radical (unpaired) electrons. The van der Waals surface area contributed by atoms with E-state index in [1.807, 2.05) is 28.5 Å². The Morgan fingerprint density at radius 1 is 1.13 bits per heavy atom. The van der Waals surface area contributed by atoms with Crippen molar-refractivity contribution >= 4 is 35.0 Å². The Balaban J connectivity index is 1.44. The molecule has 2 heterocycles. The van der Waals surface area contributed by atoms with Crippen molar-refractivity contribution < 1.29 is 14.0 Å². The van der Waals surface area contributed by atoms with Crippen LogP contribution in [0.25, 0.3) is 0 Å². The van der Waals surface area contributed by atoms with Crippen LogP contribution in [0.5, 0.6) is 0 Å². The third kappa shape index (κ3) is 4.46. The molecule has 1 N–H and O–H groups in total. The molecule has 158 valence electrons. The average Bonchev–Trinajstić information content (AvgIpc) is 2.76. The summed E-state index contributed by atoms with van der Waals surface area (Å²) in [5.41, 5.74) is 3.74. The minimum Gasteiger partial charge on any atom is -0.360 e. The smallest absolute Gasteiger partial charge is 0.253 e. The monoisotopic (exact) mass is 427 g/mol. The van der Waals surface area contributed by atoms with Gasteiger partial charge in [0.1, 0.15) is 5.82 Å². The molecule has 1 saturated heterocycles. The van der Waals surface area contributed by atoms with Crippen molar-refractivity contribution in [1.29, 1.82) is 0 Å². The largest absolute Gasteiger partial charge is 0.360 e. The molecule has 0 unspecified atom stereocenters. The molecule has 7 heteroatoms. The number of nitrogens with one attached hydrogen (secondary N) is 1. The van der Waals surface area contributed by atoms with E-state index in [-0.39, 0.29) is 24.2 Å². The highest BCUT2D eigenvalue weighted by Gasteiger charge is 2.24. The predicted octanol–water partition coefficient (Wildman–Crippen LogP) is 3.71. The van der Waals surface area contributed by atoms with Gasteiger partial charge in [-0.15, -0.1) is 0 Å². The van der Waals surface area contributed by atoms with Gasteiger partial charge in [0.25, 0.3) is 5.91 Å². The van der Waals surface area contributed by atoms with Gasteiger partial charge >= 0.3 is 0 Å². The Kier molecular flexibility index (Phi) is 6.27. The van der Waals surface area contributed by atoms with Crippen LogP contribution in [0.4, 0.5) is 15.8 Å². The van der Waals surface area contributed by atoms with Gasteiger partial charge in [-0.3, -0.25) is 9.59 Å². The van der Waals surface area contributed by atoms with Crippen molar-refractivity contribution in [2.45, 2.75) is 19.8 Å². The standard InChI is InChI=1S/C23H26FN3O2S/c1-16-7-8-20(24)22-19(16)6-3-9-27(22)15-21(28)25-18-5-2-4-17(14-18)23(29)26-10-12-30-13-11-26/h2,4-5,7-8,14H,3,6,9-13,15H2,1H3,(H,25,28). The minimum atomic E-state index is -0.282. The Bertz CT molecular complexity index is 959. The van der Waals surface area contributed by atoms with E-state index >= 15 is 0 Å². The maximum Gasteiger partial charge on any atom is 0.253 e. The zero-order valence-corrected chi connectivity index (χ0v) is 17.9. The molecule has 2 aromatic carbocycles. The molecule has 0 aliphatic carbocycles. The van der Waals surface area contributed by atoms with E-state index in [4.69, 9.17) is 0 Å². The Morgan fingerprint density at radius 3 is 2.73 bits per heavy atom. The number of aryl methyl sites for hydroxylation is 1. The van der Waals surface area contributed by atoms with Crippen LogP contribution in [0.15, 0.2) is 36.4 Å². The second-order valence-electron chi connectivity index (χ2n) is 7.75. The predicted molar refractivity (Wildman–Crippen MR) is 120 cm³/mol. The van der Waals surface area contributed by atoms with Crippen LogP contribution in [-0.2, 0) is 11.2 Å². The fourth-order valence-corrected chi connectivity index (χ4v) is 5.04. The highest BCUT2D eigenvalue weighted by molar-refractivity contribution is 7.99. The van der Waals surface area contributed by atoms with Crippen molar-refractivity contribution in [1.82, 2.24) is 4.90 Å². The first-order chi connectivity index (χ1) is 14.5. The number of carbonyl (C=O) groups is 2. The number of benzene rings is 2. The first-order valence-corrected chi connectivity index (χ1v) is 11.5. The molecule has 0 bridgehead atoms. The Labute approximate surface area is 180 Å². The van der Waals surface area contributed by atoms with E-state index in [1.165, 1.54) is 6.07 Å². The number of amides is 2. The average molecular weight is 428 g/mol. The zero-order chi connectivity index (χ0) is 21.1. The van der Waals surface area contributed by atoms with Crippen LogP contribution < -0.4 is 10.2 Å². The van der Waals surface area contributed by atoms with E-state index in [1.54, 1.807) is 30.3 Å². The van der Waals surface area contributed by atoms with E-state index in [0.29, 0.717) is 23.5 Å². The second-order valence-corrected chi connectivity index (χ2v) is 8.97. The van der Waals surface area contributed by atoms with Gasteiger partial charge in [0.15, 0.2) is 0 Å². The van der Waals surface area contributed by atoms with E-state index < -0.39 is 0 Å². The number of hydrogen-bond acceptors (Lipinski definition) is 4. The number of anilines is 2. The van der Waals surface area contributed by atoms with Crippen molar-refractivity contribution in [3.8, 4) is 0 Å². The molecule has 0 aromatic heterocycles. The quantitative estimate of drug-likeness (QED) is 0.808. The van der Waals surface area contributed by atoms with Crippen LogP contribution >= 0.6 is 11.8 Å². The molecule has 1 fully saturated rings. The van der Waals surface area contributed by atoms with Gasteiger partial charge in [-0.1, -0.05) is 12.1 Å². The van der Waals surface area contributed by atoms with Crippen molar-refractivity contribution in [3.63, 3.8) is 0 Å². The number of halogens is 1. The first kappa shape index (κ1) is 20.7. The molecule has 0 spiro atoms. The van der Waals surface area contributed by atoms with Crippen LogP contribution in [0.1, 0.15) is 27.9 Å². The highest BCUT2D eigenvalue weighted by Crippen LogP contribution is 2.32. The lowest BCUT2D eigenvalue weighted by atomic mass is 9.96. The summed E-state index contributed by atoms with van der Waals surface area (Å²) in [6.07, 6.45) is 1.72. The van der Waals surface area contributed by atoms with Gasteiger partial charge in [-0.25, -0.2) is 4.39 Å². The van der Waals surface area contributed by atoms with Crippen molar-refractivity contribution in [2.75, 3.05) is 47.9 Å². The molecular weight excluding hydrogens is 401 g/mol. The van der Waals surface area contributed by atoms with Crippen LogP contribution in [-0.4, -0.2) is 54.4 Å². The fraction of sp³-hybridized carbons (Fsp3) is 0.391. The SMILES string of the molecule is Cc1ccc(F)c2c1CCCN2CC(=O)Nc1cccc(C(=O)N2CCSCC2)c1. The summed E-state index contributed by atoms with van der Waals surface area (Å²) < 4.78 is 14.5. The third-order valence-electron chi connectivity index (χ3n) is 5.66. The molecule has 0 saturated carbocycles. The zero-order valence-electron chi connectivity index (χ0n) is 17.1. The maximum absolute atomic E-state index is 14.5. The van der Waals surface area contributed by atoms with Gasteiger partial charge in [0, 0.05) is 42.4 Å². The molecule has 2 aliphatic heterocycles. The molecule has 2 aromatic rings. The summed E-state index contributed by atoms with van der Waals surface area (Å²) in [6.45, 7) is 4.20.